The van der Waals surface area contributed by atoms with Crippen LogP contribution < -0.4 is 9.47 Å². The highest BCUT2D eigenvalue weighted by Gasteiger charge is 2.44. The van der Waals surface area contributed by atoms with Crippen molar-refractivity contribution in [3.05, 3.63) is 36.4 Å². The minimum atomic E-state index is -1.01. The van der Waals surface area contributed by atoms with Crippen molar-refractivity contribution in [1.29, 1.82) is 0 Å². The quantitative estimate of drug-likeness (QED) is 0.369. The largest absolute Gasteiger partial charge is 0.497 e. The fraction of sp³-hybridized carbons (Fsp3) is 0.444. The fourth-order valence-electron chi connectivity index (χ4n) is 2.62. The molecule has 2 atom stereocenters. The van der Waals surface area contributed by atoms with Gasteiger partial charge in [-0.3, -0.25) is 9.59 Å². The lowest BCUT2D eigenvalue weighted by Gasteiger charge is -2.32. The van der Waals surface area contributed by atoms with Gasteiger partial charge >= 0.3 is 11.9 Å². The zero-order chi connectivity index (χ0) is 17.2. The van der Waals surface area contributed by atoms with Crippen LogP contribution in [-0.4, -0.2) is 24.6 Å². The molecule has 0 saturated carbocycles. The Hall–Kier alpha value is -2.30. The lowest BCUT2D eigenvalue weighted by atomic mass is 9.81. The van der Waals surface area contributed by atoms with E-state index in [0.717, 1.165) is 5.56 Å². The molecule has 0 aliphatic carbocycles. The summed E-state index contributed by atoms with van der Waals surface area (Å²) in [5.41, 5.74) is 0.0739. The molecule has 0 spiro atoms. The second-order valence-corrected chi connectivity index (χ2v) is 6.47. The van der Waals surface area contributed by atoms with Gasteiger partial charge in [-0.2, -0.15) is 0 Å². The summed E-state index contributed by atoms with van der Waals surface area (Å²) in [6.07, 6.45) is 2.14. The van der Waals surface area contributed by atoms with E-state index >= 15 is 0 Å². The molecule has 5 nitrogen and oxygen atoms in total. The first-order chi connectivity index (χ1) is 10.8. The van der Waals surface area contributed by atoms with Crippen LogP contribution in [0.1, 0.15) is 38.7 Å². The molecule has 1 aliphatic rings. The number of hydrogen-bond donors (Lipinski definition) is 0. The molecule has 2 rings (SSSR count). The first-order valence-corrected chi connectivity index (χ1v) is 7.50. The van der Waals surface area contributed by atoms with Crippen molar-refractivity contribution in [2.24, 2.45) is 5.92 Å². The van der Waals surface area contributed by atoms with Crippen molar-refractivity contribution >= 4 is 11.9 Å². The molecule has 1 aromatic rings. The van der Waals surface area contributed by atoms with Gasteiger partial charge in [-0.25, -0.2) is 0 Å². The van der Waals surface area contributed by atoms with Gasteiger partial charge in [-0.15, -0.1) is 6.58 Å². The molecular formula is C18H22O5. The van der Waals surface area contributed by atoms with Crippen LogP contribution in [0.3, 0.4) is 0 Å². The molecule has 1 aromatic carbocycles. The van der Waals surface area contributed by atoms with E-state index in [9.17, 15) is 9.59 Å². The maximum Gasteiger partial charge on any atom is 0.326 e. The third-order valence-corrected chi connectivity index (χ3v) is 3.56. The maximum atomic E-state index is 12.5. The summed E-state index contributed by atoms with van der Waals surface area (Å²) in [6, 6.07) is 5.17. The SMILES string of the molecule is C=CC[C@@H]1c2cc(OC)ccc2OC(=O)[C@H]1C(=O)OC(C)(C)C. The minimum Gasteiger partial charge on any atom is -0.497 e. The molecular weight excluding hydrogens is 296 g/mol. The number of benzene rings is 1. The lowest BCUT2D eigenvalue weighted by Crippen LogP contribution is -2.40. The van der Waals surface area contributed by atoms with Gasteiger partial charge in [0.1, 0.15) is 17.1 Å². The van der Waals surface area contributed by atoms with Gasteiger partial charge in [0.15, 0.2) is 5.92 Å². The van der Waals surface area contributed by atoms with Crippen LogP contribution in [0.25, 0.3) is 0 Å². The number of methoxy groups -OCH3 is 1. The fourth-order valence-corrected chi connectivity index (χ4v) is 2.62. The molecule has 5 heteroatoms. The Morgan fingerprint density at radius 2 is 2.09 bits per heavy atom. The van der Waals surface area contributed by atoms with Crippen molar-refractivity contribution in [3.63, 3.8) is 0 Å². The summed E-state index contributed by atoms with van der Waals surface area (Å²) in [5.74, 6) is -1.48. The Kier molecular flexibility index (Phi) is 4.78. The number of fused-ring (bicyclic) bond motifs is 1. The summed E-state index contributed by atoms with van der Waals surface area (Å²) in [4.78, 5) is 24.8. The number of esters is 2. The molecule has 0 amide bonds. The third kappa shape index (κ3) is 3.73. The molecule has 124 valence electrons. The van der Waals surface area contributed by atoms with E-state index in [4.69, 9.17) is 14.2 Å². The number of ether oxygens (including phenoxy) is 3. The van der Waals surface area contributed by atoms with E-state index in [1.165, 1.54) is 0 Å². The molecule has 0 bridgehead atoms. The molecule has 0 unspecified atom stereocenters. The summed E-state index contributed by atoms with van der Waals surface area (Å²) < 4.78 is 15.9. The van der Waals surface area contributed by atoms with Crippen molar-refractivity contribution in [2.75, 3.05) is 7.11 Å². The summed E-state index contributed by atoms with van der Waals surface area (Å²) in [7, 11) is 1.56. The number of carbonyl (C=O) groups excluding carboxylic acids is 2. The molecule has 1 aliphatic heterocycles. The standard InChI is InChI=1S/C18H22O5/c1-6-7-12-13-10-11(21-5)8-9-14(13)22-16(19)15(12)17(20)23-18(2,3)4/h6,8-10,12,15H,1,7H2,2-5H3/t12-,15+/m1/s1. The van der Waals surface area contributed by atoms with Gasteiger partial charge < -0.3 is 14.2 Å². The number of carbonyl (C=O) groups is 2. The molecule has 0 radical (unpaired) electrons. The van der Waals surface area contributed by atoms with Crippen LogP contribution in [0.4, 0.5) is 0 Å². The van der Waals surface area contributed by atoms with Crippen LogP contribution in [0.15, 0.2) is 30.9 Å². The van der Waals surface area contributed by atoms with E-state index in [0.29, 0.717) is 17.9 Å². The topological polar surface area (TPSA) is 61.8 Å². The van der Waals surface area contributed by atoms with E-state index < -0.39 is 23.5 Å². The monoisotopic (exact) mass is 318 g/mol. The highest BCUT2D eigenvalue weighted by atomic mass is 16.6. The normalized spacial score (nSPS) is 20.3. The smallest absolute Gasteiger partial charge is 0.326 e. The van der Waals surface area contributed by atoms with Crippen molar-refractivity contribution < 1.29 is 23.8 Å². The van der Waals surface area contributed by atoms with Crippen LogP contribution in [0.5, 0.6) is 11.5 Å². The first kappa shape index (κ1) is 17.1. The zero-order valence-corrected chi connectivity index (χ0v) is 13.9. The Morgan fingerprint density at radius 3 is 2.65 bits per heavy atom. The molecule has 0 saturated heterocycles. The lowest BCUT2D eigenvalue weighted by molar-refractivity contribution is -0.168. The Morgan fingerprint density at radius 1 is 1.39 bits per heavy atom. The number of hydrogen-bond acceptors (Lipinski definition) is 5. The average molecular weight is 318 g/mol. The summed E-state index contributed by atoms with van der Waals surface area (Å²) in [5, 5.41) is 0. The molecule has 0 aromatic heterocycles. The van der Waals surface area contributed by atoms with Crippen molar-refractivity contribution in [2.45, 2.75) is 38.7 Å². The van der Waals surface area contributed by atoms with Crippen LogP contribution in [-0.2, 0) is 14.3 Å². The second-order valence-electron chi connectivity index (χ2n) is 6.47. The van der Waals surface area contributed by atoms with Crippen LogP contribution >= 0.6 is 0 Å². The van der Waals surface area contributed by atoms with Gasteiger partial charge in [0.05, 0.1) is 7.11 Å². The van der Waals surface area contributed by atoms with Gasteiger partial charge in [0.25, 0.3) is 0 Å². The molecule has 23 heavy (non-hydrogen) atoms. The Labute approximate surface area is 136 Å². The van der Waals surface area contributed by atoms with Gasteiger partial charge in [0.2, 0.25) is 0 Å². The Bertz CT molecular complexity index is 627. The van der Waals surface area contributed by atoms with Crippen molar-refractivity contribution in [1.82, 2.24) is 0 Å². The molecule has 0 fully saturated rings. The van der Waals surface area contributed by atoms with E-state index in [2.05, 4.69) is 6.58 Å². The number of rotatable bonds is 4. The maximum absolute atomic E-state index is 12.5. The predicted molar refractivity (Wildman–Crippen MR) is 85.5 cm³/mol. The van der Waals surface area contributed by atoms with E-state index in [1.807, 2.05) is 0 Å². The van der Waals surface area contributed by atoms with Crippen molar-refractivity contribution in [3.8, 4) is 11.5 Å². The van der Waals surface area contributed by atoms with Crippen LogP contribution in [0.2, 0.25) is 0 Å². The molecule has 1 heterocycles. The zero-order valence-electron chi connectivity index (χ0n) is 13.9. The number of allylic oxidation sites excluding steroid dienone is 1. The van der Waals surface area contributed by atoms with Gasteiger partial charge in [-0.1, -0.05) is 6.08 Å². The minimum absolute atomic E-state index is 0.381. The van der Waals surface area contributed by atoms with E-state index in [-0.39, 0.29) is 5.92 Å². The first-order valence-electron chi connectivity index (χ1n) is 7.50. The van der Waals surface area contributed by atoms with Crippen LogP contribution in [0, 0.1) is 5.92 Å². The molecule has 0 N–H and O–H groups in total. The third-order valence-electron chi connectivity index (χ3n) is 3.56. The second kappa shape index (κ2) is 6.44. The highest BCUT2D eigenvalue weighted by molar-refractivity contribution is 5.98. The van der Waals surface area contributed by atoms with Gasteiger partial charge in [0, 0.05) is 11.5 Å². The average Bonchev–Trinajstić information content (AvgIpc) is 2.45. The summed E-state index contributed by atoms with van der Waals surface area (Å²) >= 11 is 0. The Balaban J connectivity index is 2.43. The predicted octanol–water partition coefficient (Wildman–Crippen LogP) is 3.23. The van der Waals surface area contributed by atoms with E-state index in [1.54, 1.807) is 52.2 Å². The highest BCUT2D eigenvalue weighted by Crippen LogP contribution is 2.42. The van der Waals surface area contributed by atoms with Gasteiger partial charge in [-0.05, 0) is 45.4 Å². The summed E-state index contributed by atoms with van der Waals surface area (Å²) in [6.45, 7) is 9.02.